The highest BCUT2D eigenvalue weighted by atomic mass is 35.5. The number of benzene rings is 3. The summed E-state index contributed by atoms with van der Waals surface area (Å²) in [6, 6.07) is 20.4. The number of carbonyl (C=O) groups is 1. The number of quaternary nitrogens is 1. The number of rotatable bonds is 9. The quantitative estimate of drug-likeness (QED) is 0.431. The summed E-state index contributed by atoms with van der Waals surface area (Å²) in [5.41, 5.74) is 5.21. The largest absolute Gasteiger partial charge is 1.00 e. The maximum Gasteiger partial charge on any atom is 0.367 e. The van der Waals surface area contributed by atoms with Crippen molar-refractivity contribution >= 4 is 5.97 Å². The van der Waals surface area contributed by atoms with E-state index in [1.807, 2.05) is 60.7 Å². The van der Waals surface area contributed by atoms with Gasteiger partial charge in [0.15, 0.2) is 17.3 Å². The Morgan fingerprint density at radius 3 is 2.00 bits per heavy atom. The van der Waals surface area contributed by atoms with Crippen molar-refractivity contribution in [2.45, 2.75) is 25.4 Å². The molecular weight excluding hydrogens is 437 g/mol. The molecule has 0 unspecified atom stereocenters. The molecular formula is C24H25ClFNO5. The summed E-state index contributed by atoms with van der Waals surface area (Å²) < 4.78 is 31.6. The van der Waals surface area contributed by atoms with Crippen molar-refractivity contribution in [1.82, 2.24) is 0 Å². The molecule has 0 spiro atoms. The lowest BCUT2D eigenvalue weighted by molar-refractivity contribution is -0.426. The molecule has 0 fully saturated rings. The fraction of sp³-hybridized carbons (Fsp3) is 0.208. The normalized spacial score (nSPS) is 12.2. The van der Waals surface area contributed by atoms with E-state index in [1.165, 1.54) is 19.2 Å². The monoisotopic (exact) mass is 461 g/mol. The van der Waals surface area contributed by atoms with Crippen molar-refractivity contribution in [3.8, 4) is 11.5 Å². The van der Waals surface area contributed by atoms with Crippen LogP contribution in [-0.2, 0) is 22.7 Å². The van der Waals surface area contributed by atoms with Crippen molar-refractivity contribution in [1.29, 1.82) is 0 Å². The summed E-state index contributed by atoms with van der Waals surface area (Å²) in [4.78, 5) is 11.7. The van der Waals surface area contributed by atoms with E-state index in [9.17, 15) is 9.90 Å². The first-order valence-electron chi connectivity index (χ1n) is 9.76. The summed E-state index contributed by atoms with van der Waals surface area (Å²) in [5.74, 6) is -1.52. The minimum Gasteiger partial charge on any atom is -1.00 e. The standard InChI is InChI=1S/C24H24FNO5.ClH/c1-29-24(28)21(26)22(27)18-12-13-19(30-14-16-8-4-2-5-9-16)23(20(18)25)31-15-17-10-6-3-7-11-17;/h2-13,21-22,27H,14-15,26H2,1H3;1H/t21-,22+;/m0./s1. The van der Waals surface area contributed by atoms with Gasteiger partial charge in [-0.1, -0.05) is 60.7 Å². The molecule has 8 heteroatoms. The van der Waals surface area contributed by atoms with E-state index in [4.69, 9.17) is 9.47 Å². The zero-order chi connectivity index (χ0) is 22.2. The average molecular weight is 462 g/mol. The first kappa shape index (κ1) is 25.1. The van der Waals surface area contributed by atoms with E-state index >= 15 is 4.39 Å². The molecule has 3 aromatic carbocycles. The topological polar surface area (TPSA) is 92.6 Å². The summed E-state index contributed by atoms with van der Waals surface area (Å²) in [7, 11) is 1.18. The molecule has 0 aliphatic rings. The summed E-state index contributed by atoms with van der Waals surface area (Å²) in [6.07, 6.45) is -1.50. The van der Waals surface area contributed by atoms with Crippen LogP contribution >= 0.6 is 0 Å². The summed E-state index contributed by atoms with van der Waals surface area (Å²) in [6.45, 7) is 0.313. The molecule has 0 saturated carbocycles. The summed E-state index contributed by atoms with van der Waals surface area (Å²) >= 11 is 0. The fourth-order valence-electron chi connectivity index (χ4n) is 2.99. The molecule has 4 N–H and O–H groups in total. The zero-order valence-electron chi connectivity index (χ0n) is 17.5. The first-order valence-corrected chi connectivity index (χ1v) is 9.76. The third-order valence-corrected chi connectivity index (χ3v) is 4.76. The molecule has 170 valence electrons. The highest BCUT2D eigenvalue weighted by molar-refractivity contribution is 5.75. The van der Waals surface area contributed by atoms with Gasteiger partial charge in [0.1, 0.15) is 19.3 Å². The molecule has 32 heavy (non-hydrogen) atoms. The highest BCUT2D eigenvalue weighted by Crippen LogP contribution is 2.36. The second kappa shape index (κ2) is 12.0. The smallest absolute Gasteiger partial charge is 0.367 e. The van der Waals surface area contributed by atoms with Crippen molar-refractivity contribution in [2.24, 2.45) is 0 Å². The number of hydrogen-bond donors (Lipinski definition) is 2. The maximum atomic E-state index is 15.4. The Kier molecular flexibility index (Phi) is 9.46. The van der Waals surface area contributed by atoms with Gasteiger partial charge in [0.05, 0.1) is 7.11 Å². The fourth-order valence-corrected chi connectivity index (χ4v) is 2.99. The second-order valence-corrected chi connectivity index (χ2v) is 6.92. The number of aliphatic hydroxyl groups excluding tert-OH is 1. The van der Waals surface area contributed by atoms with E-state index in [0.29, 0.717) is 0 Å². The first-order chi connectivity index (χ1) is 15.0. The predicted octanol–water partition coefficient (Wildman–Crippen LogP) is -0.195. The van der Waals surface area contributed by atoms with E-state index < -0.39 is 23.9 Å². The predicted molar refractivity (Wildman–Crippen MR) is 112 cm³/mol. The minimum absolute atomic E-state index is 0. The molecule has 0 heterocycles. The van der Waals surface area contributed by atoms with Gasteiger partial charge in [0.2, 0.25) is 6.04 Å². The van der Waals surface area contributed by atoms with Crippen molar-refractivity contribution in [2.75, 3.05) is 7.11 Å². The van der Waals surface area contributed by atoms with Crippen LogP contribution in [0.15, 0.2) is 72.8 Å². The lowest BCUT2D eigenvalue weighted by Crippen LogP contribution is -3.00. The van der Waals surface area contributed by atoms with E-state index in [0.717, 1.165) is 11.1 Å². The van der Waals surface area contributed by atoms with E-state index in [-0.39, 0.29) is 42.7 Å². The van der Waals surface area contributed by atoms with Gasteiger partial charge in [-0.15, -0.1) is 0 Å². The highest BCUT2D eigenvalue weighted by Gasteiger charge is 2.32. The molecule has 0 saturated heterocycles. The van der Waals surface area contributed by atoms with Crippen LogP contribution in [0.4, 0.5) is 4.39 Å². The van der Waals surface area contributed by atoms with Crippen LogP contribution in [0.5, 0.6) is 11.5 Å². The van der Waals surface area contributed by atoms with Crippen LogP contribution in [0.1, 0.15) is 22.8 Å². The van der Waals surface area contributed by atoms with Crippen molar-refractivity contribution < 1.29 is 46.6 Å². The van der Waals surface area contributed by atoms with E-state index in [2.05, 4.69) is 10.5 Å². The van der Waals surface area contributed by atoms with Crippen molar-refractivity contribution in [3.63, 3.8) is 0 Å². The van der Waals surface area contributed by atoms with Crippen LogP contribution in [0.25, 0.3) is 0 Å². The van der Waals surface area contributed by atoms with Crippen LogP contribution in [0.3, 0.4) is 0 Å². The lowest BCUT2D eigenvalue weighted by Gasteiger charge is -2.19. The van der Waals surface area contributed by atoms with Gasteiger partial charge in [0, 0.05) is 5.56 Å². The van der Waals surface area contributed by atoms with Gasteiger partial charge in [-0.3, -0.25) is 0 Å². The lowest BCUT2D eigenvalue weighted by atomic mass is 10.0. The van der Waals surface area contributed by atoms with Gasteiger partial charge in [0.25, 0.3) is 0 Å². The second-order valence-electron chi connectivity index (χ2n) is 6.92. The average Bonchev–Trinajstić information content (AvgIpc) is 2.82. The third kappa shape index (κ3) is 6.20. The minimum atomic E-state index is -1.50. The van der Waals surface area contributed by atoms with Gasteiger partial charge in [-0.25, -0.2) is 9.18 Å². The zero-order valence-corrected chi connectivity index (χ0v) is 18.3. The molecule has 3 aromatic rings. The molecule has 0 radical (unpaired) electrons. The van der Waals surface area contributed by atoms with Gasteiger partial charge in [-0.05, 0) is 23.3 Å². The molecule has 3 rings (SSSR count). The van der Waals surface area contributed by atoms with Gasteiger partial charge >= 0.3 is 5.97 Å². The Balaban J connectivity index is 0.00000363. The number of methoxy groups -OCH3 is 1. The number of aliphatic hydroxyl groups is 1. The Labute approximate surface area is 192 Å². The number of esters is 1. The van der Waals surface area contributed by atoms with Crippen LogP contribution in [0.2, 0.25) is 0 Å². The summed E-state index contributed by atoms with van der Waals surface area (Å²) in [5, 5.41) is 10.5. The molecule has 0 amide bonds. The molecule has 0 aromatic heterocycles. The molecule has 2 atom stereocenters. The van der Waals surface area contributed by atoms with E-state index in [1.54, 1.807) is 0 Å². The van der Waals surface area contributed by atoms with Gasteiger partial charge < -0.3 is 37.5 Å². The number of carbonyl (C=O) groups excluding carboxylic acids is 1. The van der Waals surface area contributed by atoms with Crippen LogP contribution in [0, 0.1) is 5.82 Å². The third-order valence-electron chi connectivity index (χ3n) is 4.76. The maximum absolute atomic E-state index is 15.4. The Morgan fingerprint density at radius 2 is 1.47 bits per heavy atom. The van der Waals surface area contributed by atoms with Crippen LogP contribution in [-0.4, -0.2) is 24.2 Å². The Bertz CT molecular complexity index is 1000. The molecule has 0 aliphatic carbocycles. The SMILES string of the molecule is COC(=O)[C@@H]([NH3+])[C@H](O)c1ccc(OCc2ccccc2)c(OCc2ccccc2)c1F.[Cl-]. The van der Waals surface area contributed by atoms with Crippen LogP contribution < -0.4 is 27.6 Å². The molecule has 6 nitrogen and oxygen atoms in total. The Morgan fingerprint density at radius 1 is 0.938 bits per heavy atom. The van der Waals surface area contributed by atoms with Crippen molar-refractivity contribution in [3.05, 3.63) is 95.3 Å². The molecule has 0 aliphatic heterocycles. The number of hydrogen-bond acceptors (Lipinski definition) is 5. The number of ether oxygens (including phenoxy) is 3. The van der Waals surface area contributed by atoms with Gasteiger partial charge in [-0.2, -0.15) is 0 Å². The molecule has 0 bridgehead atoms. The Hall–Kier alpha value is -3.13. The number of halogens is 2.